The van der Waals surface area contributed by atoms with E-state index in [1.54, 1.807) is 42.0 Å². The first-order valence-corrected chi connectivity index (χ1v) is 9.44. The second-order valence-corrected chi connectivity index (χ2v) is 6.51. The van der Waals surface area contributed by atoms with Crippen molar-refractivity contribution in [3.63, 3.8) is 0 Å². The molecule has 1 aliphatic rings. The Balaban J connectivity index is 1.66. The number of nitrogens with zero attached hydrogens (tertiary/aromatic N) is 4. The molecule has 29 heavy (non-hydrogen) atoms. The largest absolute Gasteiger partial charge is 0.497 e. The van der Waals surface area contributed by atoms with Gasteiger partial charge in [0.05, 0.1) is 19.4 Å². The van der Waals surface area contributed by atoms with E-state index in [-0.39, 0.29) is 24.1 Å². The van der Waals surface area contributed by atoms with Gasteiger partial charge in [-0.25, -0.2) is 9.48 Å². The molecule has 0 unspecified atom stereocenters. The topological polar surface area (TPSA) is 94.0 Å². The van der Waals surface area contributed by atoms with Crippen LogP contribution in [0.3, 0.4) is 0 Å². The zero-order chi connectivity index (χ0) is 20.8. The van der Waals surface area contributed by atoms with Crippen molar-refractivity contribution in [2.24, 2.45) is 0 Å². The van der Waals surface area contributed by atoms with E-state index in [1.807, 2.05) is 12.1 Å². The molecule has 0 spiro atoms. The number of hydrogen-bond acceptors (Lipinski definition) is 6. The minimum atomic E-state index is -0.371. The number of hydrogen-bond donors (Lipinski definition) is 0. The van der Waals surface area contributed by atoms with Crippen LogP contribution in [0, 0.1) is 0 Å². The molecule has 0 aliphatic carbocycles. The van der Waals surface area contributed by atoms with Gasteiger partial charge in [0.1, 0.15) is 12.3 Å². The van der Waals surface area contributed by atoms with Gasteiger partial charge in [-0.2, -0.15) is 5.10 Å². The van der Waals surface area contributed by atoms with Gasteiger partial charge in [-0.1, -0.05) is 0 Å². The molecule has 9 heteroatoms. The van der Waals surface area contributed by atoms with Crippen molar-refractivity contribution in [2.45, 2.75) is 13.5 Å². The maximum atomic E-state index is 12.6. The molecule has 2 amide bonds. The van der Waals surface area contributed by atoms with E-state index in [1.165, 1.54) is 10.7 Å². The van der Waals surface area contributed by atoms with Crippen molar-refractivity contribution in [1.82, 2.24) is 19.6 Å². The van der Waals surface area contributed by atoms with Crippen LogP contribution in [-0.4, -0.2) is 71.5 Å². The van der Waals surface area contributed by atoms with Crippen LogP contribution in [0.25, 0.3) is 11.3 Å². The van der Waals surface area contributed by atoms with Gasteiger partial charge in [0.2, 0.25) is 5.91 Å². The summed E-state index contributed by atoms with van der Waals surface area (Å²) in [6.07, 6.45) is -0.371. The van der Waals surface area contributed by atoms with E-state index in [0.717, 1.165) is 11.3 Å². The Labute approximate surface area is 168 Å². The number of benzene rings is 1. The fraction of sp³-hybridized carbons (Fsp3) is 0.400. The molecule has 2 heterocycles. The number of aromatic nitrogens is 2. The SMILES string of the molecule is CCOC(=O)N1CCN(C(=O)Cn2nc(-c3ccc(OC)cc3)ccc2=O)CC1. The van der Waals surface area contributed by atoms with Crippen molar-refractivity contribution in [1.29, 1.82) is 0 Å². The lowest BCUT2D eigenvalue weighted by molar-refractivity contribution is -0.133. The quantitative estimate of drug-likeness (QED) is 0.749. The summed E-state index contributed by atoms with van der Waals surface area (Å²) in [5.41, 5.74) is 1.06. The van der Waals surface area contributed by atoms with E-state index < -0.39 is 0 Å². The summed E-state index contributed by atoms with van der Waals surface area (Å²) in [4.78, 5) is 39.8. The zero-order valence-corrected chi connectivity index (χ0v) is 16.5. The molecular formula is C20H24N4O5. The molecule has 1 aromatic carbocycles. The average molecular weight is 400 g/mol. The highest BCUT2D eigenvalue weighted by molar-refractivity contribution is 5.76. The summed E-state index contributed by atoms with van der Waals surface area (Å²) in [5, 5.41) is 4.33. The molecule has 154 valence electrons. The smallest absolute Gasteiger partial charge is 0.409 e. The molecule has 3 rings (SSSR count). The van der Waals surface area contributed by atoms with Crippen LogP contribution >= 0.6 is 0 Å². The highest BCUT2D eigenvalue weighted by atomic mass is 16.6. The van der Waals surface area contributed by atoms with Crippen molar-refractivity contribution in [3.05, 3.63) is 46.8 Å². The summed E-state index contributed by atoms with van der Waals surface area (Å²) in [6.45, 7) is 3.51. The minimum absolute atomic E-state index is 0.151. The van der Waals surface area contributed by atoms with Crippen molar-refractivity contribution in [3.8, 4) is 17.0 Å². The van der Waals surface area contributed by atoms with Crippen molar-refractivity contribution in [2.75, 3.05) is 39.9 Å². The van der Waals surface area contributed by atoms with Gasteiger partial charge in [0, 0.05) is 37.8 Å². The third kappa shape index (κ3) is 4.92. The molecule has 1 saturated heterocycles. The minimum Gasteiger partial charge on any atom is -0.497 e. The molecule has 1 aromatic heterocycles. The Morgan fingerprint density at radius 1 is 1.00 bits per heavy atom. The average Bonchev–Trinajstić information content (AvgIpc) is 2.75. The van der Waals surface area contributed by atoms with Crippen LogP contribution in [-0.2, 0) is 16.1 Å². The van der Waals surface area contributed by atoms with Crippen LogP contribution in [0.1, 0.15) is 6.92 Å². The van der Waals surface area contributed by atoms with Crippen LogP contribution in [0.5, 0.6) is 5.75 Å². The lowest BCUT2D eigenvalue weighted by Gasteiger charge is -2.34. The third-order valence-corrected chi connectivity index (χ3v) is 4.70. The van der Waals surface area contributed by atoms with Gasteiger partial charge in [0.25, 0.3) is 5.56 Å². The Hall–Kier alpha value is -3.36. The second kappa shape index (κ2) is 9.22. The Morgan fingerprint density at radius 2 is 1.66 bits per heavy atom. The third-order valence-electron chi connectivity index (χ3n) is 4.70. The molecule has 1 fully saturated rings. The van der Waals surface area contributed by atoms with E-state index in [4.69, 9.17) is 9.47 Å². The maximum Gasteiger partial charge on any atom is 0.409 e. The van der Waals surface area contributed by atoms with E-state index in [9.17, 15) is 14.4 Å². The first kappa shape index (κ1) is 20.4. The maximum absolute atomic E-state index is 12.6. The highest BCUT2D eigenvalue weighted by Crippen LogP contribution is 2.19. The fourth-order valence-corrected chi connectivity index (χ4v) is 3.06. The lowest BCUT2D eigenvalue weighted by atomic mass is 10.1. The van der Waals surface area contributed by atoms with Gasteiger partial charge < -0.3 is 19.3 Å². The highest BCUT2D eigenvalue weighted by Gasteiger charge is 2.25. The summed E-state index contributed by atoms with van der Waals surface area (Å²) >= 11 is 0. The van der Waals surface area contributed by atoms with Gasteiger partial charge in [-0.3, -0.25) is 9.59 Å². The molecule has 0 saturated carbocycles. The molecule has 0 N–H and O–H groups in total. The number of amides is 2. The first-order valence-electron chi connectivity index (χ1n) is 9.44. The number of ether oxygens (including phenoxy) is 2. The van der Waals surface area contributed by atoms with E-state index >= 15 is 0 Å². The van der Waals surface area contributed by atoms with Gasteiger partial charge in [-0.05, 0) is 37.3 Å². The molecule has 9 nitrogen and oxygen atoms in total. The fourth-order valence-electron chi connectivity index (χ4n) is 3.06. The van der Waals surface area contributed by atoms with Crippen LogP contribution in [0.4, 0.5) is 4.79 Å². The molecule has 0 bridgehead atoms. The van der Waals surface area contributed by atoms with Gasteiger partial charge >= 0.3 is 6.09 Å². The Kier molecular flexibility index (Phi) is 6.48. The monoisotopic (exact) mass is 400 g/mol. The predicted octanol–water partition coefficient (Wildman–Crippen LogP) is 1.22. The second-order valence-electron chi connectivity index (χ2n) is 6.51. The van der Waals surface area contributed by atoms with Crippen LogP contribution < -0.4 is 10.3 Å². The number of carbonyl (C=O) groups excluding carboxylic acids is 2. The number of piperazine rings is 1. The normalized spacial score (nSPS) is 13.9. The summed E-state index contributed by atoms with van der Waals surface area (Å²) in [5.74, 6) is 0.509. The molecule has 0 atom stereocenters. The Morgan fingerprint density at radius 3 is 2.28 bits per heavy atom. The van der Waals surface area contributed by atoms with Crippen molar-refractivity contribution < 1.29 is 19.1 Å². The Bertz CT molecular complexity index is 917. The molecule has 2 aromatic rings. The first-order chi connectivity index (χ1) is 14.0. The molecule has 0 radical (unpaired) electrons. The lowest BCUT2D eigenvalue weighted by Crippen LogP contribution is -2.51. The number of carbonyl (C=O) groups is 2. The van der Waals surface area contributed by atoms with Crippen LogP contribution in [0.2, 0.25) is 0 Å². The van der Waals surface area contributed by atoms with Gasteiger partial charge in [0.15, 0.2) is 0 Å². The van der Waals surface area contributed by atoms with Crippen molar-refractivity contribution >= 4 is 12.0 Å². The standard InChI is InChI=1S/C20H24N4O5/c1-3-29-20(27)23-12-10-22(11-13-23)19(26)14-24-18(25)9-8-17(21-24)15-4-6-16(28-2)7-5-15/h4-9H,3,10-14H2,1-2H3. The summed E-state index contributed by atoms with van der Waals surface area (Å²) in [7, 11) is 1.59. The van der Waals surface area contributed by atoms with E-state index in [2.05, 4.69) is 5.10 Å². The zero-order valence-electron chi connectivity index (χ0n) is 16.5. The number of methoxy groups -OCH3 is 1. The molecular weight excluding hydrogens is 376 g/mol. The van der Waals surface area contributed by atoms with Gasteiger partial charge in [-0.15, -0.1) is 0 Å². The van der Waals surface area contributed by atoms with Crippen LogP contribution in [0.15, 0.2) is 41.2 Å². The number of rotatable bonds is 5. The molecule has 1 aliphatic heterocycles. The predicted molar refractivity (Wildman–Crippen MR) is 106 cm³/mol. The summed E-state index contributed by atoms with van der Waals surface area (Å²) < 4.78 is 11.3. The summed E-state index contributed by atoms with van der Waals surface area (Å²) in [6, 6.07) is 10.3. The van der Waals surface area contributed by atoms with E-state index in [0.29, 0.717) is 38.5 Å².